The first kappa shape index (κ1) is 119. The fraction of sp³-hybridized carbons (Fsp3) is 0.983. The average Bonchev–Trinajstić information content (AvgIpc) is 0.802. The first-order chi connectivity index (χ1) is 49.9. The van der Waals surface area contributed by atoms with Crippen molar-refractivity contribution >= 4 is 229 Å². The van der Waals surface area contributed by atoms with Gasteiger partial charge in [0.2, 0.25) is 0 Å². The van der Waals surface area contributed by atoms with Crippen LogP contribution < -0.4 is 0 Å². The monoisotopic (exact) mass is 2080 g/mol. The highest BCUT2D eigenvalue weighted by atomic mass is 28.6. The van der Waals surface area contributed by atoms with Crippen LogP contribution in [0.1, 0.15) is 26.7 Å². The van der Waals surface area contributed by atoms with Crippen LogP contribution in [0.25, 0.3) is 0 Å². The van der Waals surface area contributed by atoms with E-state index in [0.29, 0.717) is 18.9 Å². The van der Waals surface area contributed by atoms with E-state index in [1.54, 1.807) is 14.2 Å². The Kier molecular flexibility index (Phi) is 44.0. The Balaban J connectivity index is 5.94. The van der Waals surface area contributed by atoms with Gasteiger partial charge in [-0.3, -0.25) is 4.79 Å². The lowest BCUT2D eigenvalue weighted by atomic mass is 10.1. The average molecular weight is 2090 g/mol. The zero-order valence-electron chi connectivity index (χ0n) is 82.8. The van der Waals surface area contributed by atoms with Crippen LogP contribution in [0.2, 0.25) is 333 Å². The molecule has 1 atom stereocenters. The van der Waals surface area contributed by atoms with Crippen LogP contribution in [-0.2, 0) is 121 Å². The molecular formula is C60H172O29Si26. The summed E-state index contributed by atoms with van der Waals surface area (Å²) in [6.45, 7) is 107. The minimum absolute atomic E-state index is 0.159. The SMILES string of the molecule is CCC(C)C(=O)OCCC[Si](OC)(OC)O[Si](C)(C)O[Si](C)(C)O[Si](C)(C)O[Si](C)(C)O[Si](C)(C)O[Si](C)(C)O[Si](C)(C)O[Si](C)(C)O[Si](C)(C)O[Si](C)(C)O[Si](C)(C)O[Si](C)(C)O[Si](C)(C)O[Si](C)(C)O[Si](C)(C)O[Si](C)(C)O[Si](C)(C)O[Si](C)(C)O[Si](C)(C)O[Si](C)(C)O[Si](C)(C)O[Si](C)(C)O[Si](C)(C)O[Si](C)(C)O[SiH](C)C. The largest absolute Gasteiger partial charge is 0.491 e. The molecule has 0 radical (unpaired) electrons. The molecule has 0 aromatic carbocycles. The number of ether oxygens (including phenoxy) is 1. The van der Waals surface area contributed by atoms with Gasteiger partial charge in [0.15, 0.2) is 9.04 Å². The van der Waals surface area contributed by atoms with E-state index in [4.69, 9.17) is 116 Å². The number of carbonyl (C=O) groups excluding carboxylic acids is 1. The number of carbonyl (C=O) groups is 1. The van der Waals surface area contributed by atoms with E-state index in [2.05, 4.69) is 144 Å². The van der Waals surface area contributed by atoms with Crippen LogP contribution in [0.5, 0.6) is 0 Å². The second-order valence-electron chi connectivity index (χ2n) is 40.9. The molecule has 0 amide bonds. The summed E-state index contributed by atoms with van der Waals surface area (Å²) in [5.74, 6) is -0.373. The number of esters is 1. The fourth-order valence-electron chi connectivity index (χ4n) is 16.3. The normalized spacial score (nSPS) is 16.0. The predicted octanol–water partition coefficient (Wildman–Crippen LogP) is 19.4. The standard InChI is InChI=1S/C60H172O29Si26/c1-55-59(2)60(61)64-57-56-58-115(62-3,63-4)89-114(53,54)88-113(51,52)87-112(49,50)86-111(47,48)85-110(45,46)84-109(43,44)83-108(41,42)82-107(39,40)81-106(37,38)80-105(35,36)79-104(33,34)78-103(31,32)77-102(29,30)76-101(27,28)75-100(25,26)74-99(23,24)73-98(21,22)72-97(19,20)71-96(17,18)70-95(15,16)69-94(13,14)68-93(11,12)67-92(9,10)66-91(7,8)65-90(5)6/h59,90H,55-58H2,1-54H3. The van der Waals surface area contributed by atoms with Gasteiger partial charge in [0.25, 0.3) is 0 Å². The zero-order chi connectivity index (χ0) is 91.9. The molecule has 0 aromatic heterocycles. The first-order valence-corrected chi connectivity index (χ1v) is 113. The summed E-state index contributed by atoms with van der Waals surface area (Å²) >= 11 is 0. The molecule has 55 heteroatoms. The summed E-state index contributed by atoms with van der Waals surface area (Å²) in [5, 5.41) is 0. The van der Waals surface area contributed by atoms with Gasteiger partial charge in [0.1, 0.15) is 0 Å². The Morgan fingerprint density at radius 3 is 0.487 bits per heavy atom. The van der Waals surface area contributed by atoms with Gasteiger partial charge >= 0.3 is 220 Å². The van der Waals surface area contributed by atoms with Gasteiger partial charge in [-0.05, 0) is 340 Å². The van der Waals surface area contributed by atoms with E-state index < -0.39 is 223 Å². The van der Waals surface area contributed by atoms with Crippen molar-refractivity contribution in [3.8, 4) is 0 Å². The molecule has 0 aromatic rings. The molecule has 0 fully saturated rings. The van der Waals surface area contributed by atoms with Crippen LogP contribution in [0, 0.1) is 5.92 Å². The molecule has 690 valence electrons. The van der Waals surface area contributed by atoms with Crippen molar-refractivity contribution in [3.63, 3.8) is 0 Å². The Morgan fingerprint density at radius 1 is 0.235 bits per heavy atom. The number of hydrogen-bond donors (Lipinski definition) is 0. The van der Waals surface area contributed by atoms with Gasteiger partial charge < -0.3 is 116 Å². The summed E-state index contributed by atoms with van der Waals surface area (Å²) < 4.78 is 190. The molecule has 1 unspecified atom stereocenters. The molecule has 0 rings (SSSR count). The van der Waals surface area contributed by atoms with Crippen molar-refractivity contribution < 1.29 is 121 Å². The van der Waals surface area contributed by atoms with Crippen molar-refractivity contribution in [2.45, 2.75) is 360 Å². The van der Waals surface area contributed by atoms with E-state index in [1.807, 2.05) is 197 Å². The molecule has 0 aliphatic heterocycles. The summed E-state index contributed by atoms with van der Waals surface area (Å²) in [6, 6.07) is 0.457. The number of hydrogen-bond acceptors (Lipinski definition) is 29. The lowest BCUT2D eigenvalue weighted by molar-refractivity contribution is -0.148. The topological polar surface area (TPSA) is 276 Å². The van der Waals surface area contributed by atoms with Gasteiger partial charge in [0, 0.05) is 20.3 Å². The minimum atomic E-state index is -3.19. The van der Waals surface area contributed by atoms with E-state index >= 15 is 0 Å². The Hall–Kier alpha value is 4.03. The van der Waals surface area contributed by atoms with Crippen molar-refractivity contribution in [2.24, 2.45) is 5.92 Å². The number of rotatable bonds is 58. The summed E-state index contributed by atoms with van der Waals surface area (Å²) in [7, 11) is -70.0. The molecule has 0 saturated heterocycles. The zero-order valence-corrected chi connectivity index (χ0v) is 109. The van der Waals surface area contributed by atoms with E-state index in [0.717, 1.165) is 0 Å². The third-order valence-electron chi connectivity index (χ3n) is 14.7. The Morgan fingerprint density at radius 2 is 0.365 bits per heavy atom. The van der Waals surface area contributed by atoms with E-state index in [-0.39, 0.29) is 18.5 Å². The predicted molar refractivity (Wildman–Crippen MR) is 525 cm³/mol. The highest BCUT2D eigenvalue weighted by Gasteiger charge is 2.57. The minimum Gasteiger partial charge on any atom is -0.465 e. The summed E-state index contributed by atoms with van der Waals surface area (Å²) in [6.07, 6.45) is 1.24. The third kappa shape index (κ3) is 53.1. The molecule has 0 heterocycles. The highest BCUT2D eigenvalue weighted by molar-refractivity contribution is 6.97. The van der Waals surface area contributed by atoms with Crippen molar-refractivity contribution in [1.29, 1.82) is 0 Å². The van der Waals surface area contributed by atoms with Gasteiger partial charge in [-0.2, -0.15) is 0 Å². The first-order valence-electron chi connectivity index (χ1n) is 40.6. The van der Waals surface area contributed by atoms with Gasteiger partial charge in [-0.25, -0.2) is 0 Å². The molecule has 0 bridgehead atoms. The lowest BCUT2D eigenvalue weighted by Gasteiger charge is -2.45. The Labute approximate surface area is 731 Å². The second-order valence-corrected chi connectivity index (χ2v) is 133. The van der Waals surface area contributed by atoms with Gasteiger partial charge in [-0.15, -0.1) is 0 Å². The van der Waals surface area contributed by atoms with Crippen LogP contribution in [-0.4, -0.2) is 250 Å². The summed E-state index contributed by atoms with van der Waals surface area (Å²) in [5.41, 5.74) is 0. The maximum Gasteiger partial charge on any atom is 0.491 e. The van der Waals surface area contributed by atoms with E-state index in [9.17, 15) is 4.79 Å². The van der Waals surface area contributed by atoms with Crippen molar-refractivity contribution in [3.05, 3.63) is 0 Å². The molecule has 0 N–H and O–H groups in total. The van der Waals surface area contributed by atoms with Gasteiger partial charge in [-0.1, -0.05) is 13.8 Å². The molecule has 29 nitrogen and oxygen atoms in total. The molecule has 0 aliphatic rings. The smallest absolute Gasteiger partial charge is 0.465 e. The third-order valence-corrected chi connectivity index (χ3v) is 115. The van der Waals surface area contributed by atoms with Crippen LogP contribution in [0.15, 0.2) is 0 Å². The Bertz CT molecular complexity index is 3000. The van der Waals surface area contributed by atoms with Crippen LogP contribution in [0.3, 0.4) is 0 Å². The van der Waals surface area contributed by atoms with Gasteiger partial charge in [0.05, 0.1) is 12.5 Å². The van der Waals surface area contributed by atoms with Crippen molar-refractivity contribution in [1.82, 2.24) is 0 Å². The molecular weight excluding hydrogens is 1910 g/mol. The van der Waals surface area contributed by atoms with E-state index in [1.165, 1.54) is 0 Å². The molecule has 0 aliphatic carbocycles. The molecule has 0 spiro atoms. The van der Waals surface area contributed by atoms with Crippen LogP contribution >= 0.6 is 0 Å². The maximum atomic E-state index is 12.3. The summed E-state index contributed by atoms with van der Waals surface area (Å²) in [4.78, 5) is 12.3. The van der Waals surface area contributed by atoms with Crippen LogP contribution in [0.4, 0.5) is 0 Å². The lowest BCUT2D eigenvalue weighted by Crippen LogP contribution is -2.63. The second kappa shape index (κ2) is 42.5. The fourth-order valence-corrected chi connectivity index (χ4v) is 148. The molecule has 0 saturated carbocycles. The highest BCUT2D eigenvalue weighted by Crippen LogP contribution is 2.37. The molecule has 115 heavy (non-hydrogen) atoms. The maximum absolute atomic E-state index is 12.3. The quantitative estimate of drug-likeness (QED) is 0.0311. The van der Waals surface area contributed by atoms with Crippen molar-refractivity contribution in [2.75, 3.05) is 20.8 Å².